The number of amides is 2. The summed E-state index contributed by atoms with van der Waals surface area (Å²) >= 11 is 0. The second kappa shape index (κ2) is 6.52. The number of benzene rings is 2. The molecule has 22 heavy (non-hydrogen) atoms. The van der Waals surface area contributed by atoms with Crippen molar-refractivity contribution in [2.24, 2.45) is 0 Å². The van der Waals surface area contributed by atoms with Gasteiger partial charge in [-0.3, -0.25) is 0 Å². The Labute approximate surface area is 130 Å². The summed E-state index contributed by atoms with van der Waals surface area (Å²) in [4.78, 5) is 11.9. The normalized spacial score (nSPS) is 13.5. The first kappa shape index (κ1) is 14.4. The average Bonchev–Trinajstić information content (AvgIpc) is 3.39. The summed E-state index contributed by atoms with van der Waals surface area (Å²) in [6.07, 6.45) is 2.61. The van der Waals surface area contributed by atoms with Gasteiger partial charge in [0.05, 0.1) is 7.11 Å². The van der Waals surface area contributed by atoms with Crippen molar-refractivity contribution in [3.05, 3.63) is 59.7 Å². The quantitative estimate of drug-likeness (QED) is 0.879. The van der Waals surface area contributed by atoms with Crippen molar-refractivity contribution in [1.82, 2.24) is 5.32 Å². The van der Waals surface area contributed by atoms with Crippen LogP contribution in [0.2, 0.25) is 0 Å². The van der Waals surface area contributed by atoms with Crippen LogP contribution in [0.25, 0.3) is 0 Å². The van der Waals surface area contributed by atoms with Gasteiger partial charge >= 0.3 is 6.03 Å². The van der Waals surface area contributed by atoms with E-state index in [1.54, 1.807) is 7.11 Å². The molecule has 1 fully saturated rings. The van der Waals surface area contributed by atoms with E-state index >= 15 is 0 Å². The number of hydrogen-bond donors (Lipinski definition) is 2. The van der Waals surface area contributed by atoms with E-state index in [1.165, 1.54) is 18.4 Å². The molecule has 0 bridgehead atoms. The highest BCUT2D eigenvalue weighted by atomic mass is 16.5. The van der Waals surface area contributed by atoms with Gasteiger partial charge in [0.15, 0.2) is 0 Å². The molecule has 2 N–H and O–H groups in total. The van der Waals surface area contributed by atoms with Crippen molar-refractivity contribution in [3.8, 4) is 5.75 Å². The number of hydrogen-bond acceptors (Lipinski definition) is 2. The molecule has 1 saturated carbocycles. The van der Waals surface area contributed by atoms with Crippen LogP contribution in [0.1, 0.15) is 29.9 Å². The lowest BCUT2D eigenvalue weighted by Crippen LogP contribution is -2.28. The molecule has 2 aromatic rings. The Balaban J connectivity index is 1.48. The molecule has 0 aromatic heterocycles. The van der Waals surface area contributed by atoms with Gasteiger partial charge in [0.1, 0.15) is 5.75 Å². The van der Waals surface area contributed by atoms with Crippen LogP contribution in [-0.2, 0) is 6.54 Å². The van der Waals surface area contributed by atoms with Gasteiger partial charge < -0.3 is 15.4 Å². The molecule has 0 aliphatic heterocycles. The average molecular weight is 296 g/mol. The number of methoxy groups -OCH3 is 1. The van der Waals surface area contributed by atoms with Gasteiger partial charge in [-0.15, -0.1) is 0 Å². The molecule has 114 valence electrons. The van der Waals surface area contributed by atoms with Crippen LogP contribution in [0, 0.1) is 0 Å². The fourth-order valence-electron chi connectivity index (χ4n) is 2.36. The van der Waals surface area contributed by atoms with Gasteiger partial charge in [-0.05, 0) is 54.2 Å². The summed E-state index contributed by atoms with van der Waals surface area (Å²) in [6.45, 7) is 0.521. The molecule has 3 rings (SSSR count). The number of ether oxygens (including phenoxy) is 1. The van der Waals surface area contributed by atoms with Crippen LogP contribution in [0.15, 0.2) is 48.5 Å². The number of urea groups is 1. The third kappa shape index (κ3) is 3.79. The summed E-state index contributed by atoms with van der Waals surface area (Å²) in [5, 5.41) is 5.66. The molecule has 2 aromatic carbocycles. The Morgan fingerprint density at radius 3 is 2.36 bits per heavy atom. The minimum absolute atomic E-state index is 0.212. The first-order valence-corrected chi connectivity index (χ1v) is 7.52. The second-order valence-electron chi connectivity index (χ2n) is 5.55. The highest BCUT2D eigenvalue weighted by Gasteiger charge is 2.22. The molecule has 0 unspecified atom stereocenters. The highest BCUT2D eigenvalue weighted by Crippen LogP contribution is 2.39. The lowest BCUT2D eigenvalue weighted by molar-refractivity contribution is 0.251. The van der Waals surface area contributed by atoms with Gasteiger partial charge in [0, 0.05) is 12.2 Å². The highest BCUT2D eigenvalue weighted by molar-refractivity contribution is 5.89. The molecule has 0 atom stereocenters. The van der Waals surface area contributed by atoms with E-state index in [9.17, 15) is 4.79 Å². The molecule has 0 saturated heterocycles. The van der Waals surface area contributed by atoms with Crippen molar-refractivity contribution in [3.63, 3.8) is 0 Å². The Bertz CT molecular complexity index is 631. The van der Waals surface area contributed by atoms with Crippen LogP contribution in [0.5, 0.6) is 5.75 Å². The van der Waals surface area contributed by atoms with Crippen molar-refractivity contribution >= 4 is 11.7 Å². The maximum atomic E-state index is 11.9. The maximum Gasteiger partial charge on any atom is 0.319 e. The van der Waals surface area contributed by atoms with Crippen molar-refractivity contribution < 1.29 is 9.53 Å². The van der Waals surface area contributed by atoms with E-state index in [2.05, 4.69) is 34.9 Å². The summed E-state index contributed by atoms with van der Waals surface area (Å²) in [5.41, 5.74) is 3.25. The van der Waals surface area contributed by atoms with E-state index in [0.29, 0.717) is 6.54 Å². The molecule has 0 heterocycles. The third-order valence-corrected chi connectivity index (χ3v) is 3.83. The number of carbonyl (C=O) groups excluding carboxylic acids is 1. The molecular weight excluding hydrogens is 276 g/mol. The van der Waals surface area contributed by atoms with Gasteiger partial charge in [0.25, 0.3) is 0 Å². The smallest absolute Gasteiger partial charge is 0.319 e. The number of rotatable bonds is 5. The molecule has 1 aliphatic carbocycles. The van der Waals surface area contributed by atoms with Gasteiger partial charge in [-0.2, -0.15) is 0 Å². The summed E-state index contributed by atoms with van der Waals surface area (Å²) in [7, 11) is 1.61. The summed E-state index contributed by atoms with van der Waals surface area (Å²) in [5.74, 6) is 1.53. The monoisotopic (exact) mass is 296 g/mol. The largest absolute Gasteiger partial charge is 0.497 e. The first-order chi connectivity index (χ1) is 10.7. The van der Waals surface area contributed by atoms with E-state index in [0.717, 1.165) is 22.9 Å². The predicted octanol–water partition coefficient (Wildman–Crippen LogP) is 3.89. The van der Waals surface area contributed by atoms with E-state index in [-0.39, 0.29) is 6.03 Å². The number of carbonyl (C=O) groups is 1. The SMILES string of the molecule is COc1ccc(NC(=O)NCc2ccc(C3CC3)cc2)cc1. The van der Waals surface area contributed by atoms with Crippen LogP contribution >= 0.6 is 0 Å². The Morgan fingerprint density at radius 2 is 1.77 bits per heavy atom. The van der Waals surface area contributed by atoms with Crippen LogP contribution in [0.3, 0.4) is 0 Å². The predicted molar refractivity (Wildman–Crippen MR) is 87.3 cm³/mol. The molecule has 4 nitrogen and oxygen atoms in total. The molecule has 2 amide bonds. The Hall–Kier alpha value is -2.49. The Kier molecular flexibility index (Phi) is 4.28. The van der Waals surface area contributed by atoms with Crippen LogP contribution < -0.4 is 15.4 Å². The lowest BCUT2D eigenvalue weighted by Gasteiger charge is -2.09. The van der Waals surface area contributed by atoms with Gasteiger partial charge in [-0.25, -0.2) is 4.79 Å². The minimum atomic E-state index is -0.212. The van der Waals surface area contributed by atoms with E-state index in [4.69, 9.17) is 4.74 Å². The zero-order valence-electron chi connectivity index (χ0n) is 12.6. The topological polar surface area (TPSA) is 50.4 Å². The van der Waals surface area contributed by atoms with Gasteiger partial charge in [-0.1, -0.05) is 24.3 Å². The second-order valence-corrected chi connectivity index (χ2v) is 5.55. The lowest BCUT2D eigenvalue weighted by atomic mass is 10.1. The fraction of sp³-hybridized carbons (Fsp3) is 0.278. The summed E-state index contributed by atoms with van der Waals surface area (Å²) in [6, 6.07) is 15.5. The van der Waals surface area contributed by atoms with Crippen LogP contribution in [0.4, 0.5) is 10.5 Å². The molecule has 0 spiro atoms. The van der Waals surface area contributed by atoms with E-state index in [1.807, 2.05) is 24.3 Å². The fourth-order valence-corrected chi connectivity index (χ4v) is 2.36. The number of nitrogens with one attached hydrogen (secondary N) is 2. The molecule has 1 aliphatic rings. The molecule has 4 heteroatoms. The Morgan fingerprint density at radius 1 is 1.09 bits per heavy atom. The van der Waals surface area contributed by atoms with Gasteiger partial charge in [0.2, 0.25) is 0 Å². The van der Waals surface area contributed by atoms with Crippen molar-refractivity contribution in [2.75, 3.05) is 12.4 Å². The molecular formula is C18H20N2O2. The van der Waals surface area contributed by atoms with Crippen LogP contribution in [-0.4, -0.2) is 13.1 Å². The standard InChI is InChI=1S/C18H20N2O2/c1-22-17-10-8-16(9-11-17)20-18(21)19-12-13-2-4-14(5-3-13)15-6-7-15/h2-5,8-11,15H,6-7,12H2,1H3,(H2,19,20,21). The first-order valence-electron chi connectivity index (χ1n) is 7.52. The maximum absolute atomic E-state index is 11.9. The third-order valence-electron chi connectivity index (χ3n) is 3.83. The van der Waals surface area contributed by atoms with Crippen molar-refractivity contribution in [1.29, 1.82) is 0 Å². The van der Waals surface area contributed by atoms with Crippen molar-refractivity contribution in [2.45, 2.75) is 25.3 Å². The number of anilines is 1. The molecule has 0 radical (unpaired) electrons. The zero-order chi connectivity index (χ0) is 15.4. The minimum Gasteiger partial charge on any atom is -0.497 e. The zero-order valence-corrected chi connectivity index (χ0v) is 12.6. The van der Waals surface area contributed by atoms with E-state index < -0.39 is 0 Å². The summed E-state index contributed by atoms with van der Waals surface area (Å²) < 4.78 is 5.08.